The fourth-order valence-electron chi connectivity index (χ4n) is 1.65. The molecule has 3 nitrogen and oxygen atoms in total. The molecule has 1 amide bonds. The molecule has 0 saturated heterocycles. The van der Waals surface area contributed by atoms with Gasteiger partial charge < -0.3 is 11.1 Å². The quantitative estimate of drug-likeness (QED) is 0.653. The number of nitrogens with one attached hydrogen (secondary N) is 1. The molecule has 0 aliphatic rings. The highest BCUT2D eigenvalue weighted by molar-refractivity contribution is 7.80. The predicted molar refractivity (Wildman–Crippen MR) is 80.2 cm³/mol. The van der Waals surface area contributed by atoms with Crippen LogP contribution in [0.25, 0.3) is 10.1 Å². The summed E-state index contributed by atoms with van der Waals surface area (Å²) in [5.74, 6) is -0.0286. The lowest BCUT2D eigenvalue weighted by atomic mass is 10.2. The minimum absolute atomic E-state index is 0.0286. The molecule has 18 heavy (non-hydrogen) atoms. The number of benzene rings is 1. The van der Waals surface area contributed by atoms with E-state index < -0.39 is 0 Å². The number of hydrogen-bond donors (Lipinski definition) is 2. The molecular formula is C13H14N2OS2. The maximum atomic E-state index is 11.9. The zero-order valence-electron chi connectivity index (χ0n) is 9.81. The summed E-state index contributed by atoms with van der Waals surface area (Å²) in [4.78, 5) is 13.1. The molecule has 0 unspecified atom stereocenters. The van der Waals surface area contributed by atoms with Crippen LogP contribution in [0.4, 0.5) is 0 Å². The van der Waals surface area contributed by atoms with Crippen LogP contribution in [0.3, 0.4) is 0 Å². The molecule has 0 radical (unpaired) electrons. The van der Waals surface area contributed by atoms with E-state index in [-0.39, 0.29) is 5.91 Å². The smallest absolute Gasteiger partial charge is 0.261 e. The summed E-state index contributed by atoms with van der Waals surface area (Å²) in [7, 11) is 0. The van der Waals surface area contributed by atoms with Gasteiger partial charge in [0.1, 0.15) is 0 Å². The van der Waals surface area contributed by atoms with Gasteiger partial charge in [0.25, 0.3) is 5.91 Å². The topological polar surface area (TPSA) is 55.1 Å². The zero-order chi connectivity index (χ0) is 13.0. The average molecular weight is 278 g/mol. The van der Waals surface area contributed by atoms with Gasteiger partial charge in [-0.3, -0.25) is 4.79 Å². The molecule has 5 heteroatoms. The molecule has 0 aliphatic carbocycles. The summed E-state index contributed by atoms with van der Waals surface area (Å²) in [6.07, 6.45) is 1.45. The summed E-state index contributed by atoms with van der Waals surface area (Å²) < 4.78 is 1.13. The monoisotopic (exact) mass is 278 g/mol. The van der Waals surface area contributed by atoms with Crippen LogP contribution >= 0.6 is 23.6 Å². The fourth-order valence-corrected chi connectivity index (χ4v) is 2.77. The maximum absolute atomic E-state index is 11.9. The van der Waals surface area contributed by atoms with Crippen LogP contribution in [-0.4, -0.2) is 17.4 Å². The van der Waals surface area contributed by atoms with E-state index in [0.717, 1.165) is 21.4 Å². The Morgan fingerprint density at radius 2 is 2.17 bits per heavy atom. The second-order valence-electron chi connectivity index (χ2n) is 3.97. The SMILES string of the molecule is NC(=S)CCCNC(=O)c1cc2ccccc2s1. The minimum Gasteiger partial charge on any atom is -0.393 e. The van der Waals surface area contributed by atoms with Crippen LogP contribution in [-0.2, 0) is 0 Å². The van der Waals surface area contributed by atoms with Gasteiger partial charge in [0.2, 0.25) is 0 Å². The van der Waals surface area contributed by atoms with E-state index in [1.54, 1.807) is 0 Å². The van der Waals surface area contributed by atoms with Crippen LogP contribution in [0.2, 0.25) is 0 Å². The van der Waals surface area contributed by atoms with E-state index in [9.17, 15) is 4.79 Å². The molecule has 94 valence electrons. The van der Waals surface area contributed by atoms with Gasteiger partial charge in [-0.15, -0.1) is 11.3 Å². The van der Waals surface area contributed by atoms with Crippen molar-refractivity contribution in [1.29, 1.82) is 0 Å². The van der Waals surface area contributed by atoms with Crippen LogP contribution in [0.5, 0.6) is 0 Å². The first-order chi connectivity index (χ1) is 8.66. The number of carbonyl (C=O) groups is 1. The van der Waals surface area contributed by atoms with Crippen molar-refractivity contribution in [1.82, 2.24) is 5.32 Å². The van der Waals surface area contributed by atoms with Crippen molar-refractivity contribution in [2.75, 3.05) is 6.54 Å². The Labute approximate surface area is 115 Å². The molecule has 2 aromatic rings. The number of thiophene rings is 1. The summed E-state index contributed by atoms with van der Waals surface area (Å²) in [5, 5.41) is 3.98. The third-order valence-electron chi connectivity index (χ3n) is 2.53. The lowest BCUT2D eigenvalue weighted by Gasteiger charge is -2.02. The molecule has 1 aromatic heterocycles. The maximum Gasteiger partial charge on any atom is 0.261 e. The third kappa shape index (κ3) is 3.27. The minimum atomic E-state index is -0.0286. The number of amides is 1. The molecule has 3 N–H and O–H groups in total. The molecule has 1 heterocycles. The Morgan fingerprint density at radius 1 is 1.39 bits per heavy atom. The molecule has 0 fully saturated rings. The number of fused-ring (bicyclic) bond motifs is 1. The summed E-state index contributed by atoms with van der Waals surface area (Å²) >= 11 is 6.29. The molecular weight excluding hydrogens is 264 g/mol. The molecule has 0 aliphatic heterocycles. The number of hydrogen-bond acceptors (Lipinski definition) is 3. The molecule has 2 rings (SSSR count). The highest BCUT2D eigenvalue weighted by Gasteiger charge is 2.08. The Kier molecular flexibility index (Phi) is 4.28. The first-order valence-corrected chi connectivity index (χ1v) is 6.94. The number of thiocarbonyl (C=S) groups is 1. The molecule has 0 atom stereocenters. The van der Waals surface area contributed by atoms with Gasteiger partial charge in [-0.25, -0.2) is 0 Å². The second-order valence-corrected chi connectivity index (χ2v) is 5.58. The van der Waals surface area contributed by atoms with Gasteiger partial charge in [-0.05, 0) is 30.4 Å². The predicted octanol–water partition coefficient (Wildman–Crippen LogP) is 2.70. The van der Waals surface area contributed by atoms with Crippen LogP contribution in [0.15, 0.2) is 30.3 Å². The van der Waals surface area contributed by atoms with Gasteiger partial charge in [0, 0.05) is 11.2 Å². The summed E-state index contributed by atoms with van der Waals surface area (Å²) in [6, 6.07) is 9.89. The molecule has 1 aromatic carbocycles. The van der Waals surface area contributed by atoms with Crippen molar-refractivity contribution in [2.45, 2.75) is 12.8 Å². The van der Waals surface area contributed by atoms with Gasteiger partial charge in [0.15, 0.2) is 0 Å². The van der Waals surface area contributed by atoms with Crippen molar-refractivity contribution in [3.8, 4) is 0 Å². The Morgan fingerprint density at radius 3 is 2.89 bits per heavy atom. The van der Waals surface area contributed by atoms with Gasteiger partial charge in [-0.2, -0.15) is 0 Å². The van der Waals surface area contributed by atoms with Gasteiger partial charge in [0.05, 0.1) is 9.87 Å². The van der Waals surface area contributed by atoms with E-state index in [1.807, 2.05) is 30.3 Å². The zero-order valence-corrected chi connectivity index (χ0v) is 11.4. The summed E-state index contributed by atoms with van der Waals surface area (Å²) in [6.45, 7) is 0.602. The van der Waals surface area contributed by atoms with E-state index >= 15 is 0 Å². The van der Waals surface area contributed by atoms with Crippen molar-refractivity contribution in [2.24, 2.45) is 5.73 Å². The van der Waals surface area contributed by atoms with E-state index in [2.05, 4.69) is 5.32 Å². The van der Waals surface area contributed by atoms with Crippen molar-refractivity contribution >= 4 is 44.5 Å². The van der Waals surface area contributed by atoms with Gasteiger partial charge in [-0.1, -0.05) is 30.4 Å². The van der Waals surface area contributed by atoms with Crippen LogP contribution in [0, 0.1) is 0 Å². The Balaban J connectivity index is 1.94. The van der Waals surface area contributed by atoms with E-state index in [0.29, 0.717) is 18.0 Å². The fraction of sp³-hybridized carbons (Fsp3) is 0.231. The molecule has 0 spiro atoms. The molecule has 0 saturated carbocycles. The Bertz CT molecular complexity index is 544. The third-order valence-corrected chi connectivity index (χ3v) is 3.85. The number of nitrogens with two attached hydrogens (primary N) is 1. The van der Waals surface area contributed by atoms with Crippen molar-refractivity contribution in [3.05, 3.63) is 35.2 Å². The summed E-state index contributed by atoms with van der Waals surface area (Å²) in [5.41, 5.74) is 5.39. The normalized spacial score (nSPS) is 10.4. The lowest BCUT2D eigenvalue weighted by Crippen LogP contribution is -2.24. The highest BCUT2D eigenvalue weighted by Crippen LogP contribution is 2.24. The lowest BCUT2D eigenvalue weighted by molar-refractivity contribution is 0.0957. The highest BCUT2D eigenvalue weighted by atomic mass is 32.1. The van der Waals surface area contributed by atoms with Gasteiger partial charge >= 0.3 is 0 Å². The van der Waals surface area contributed by atoms with Crippen molar-refractivity contribution < 1.29 is 4.79 Å². The average Bonchev–Trinajstić information content (AvgIpc) is 2.78. The second kappa shape index (κ2) is 5.93. The Hall–Kier alpha value is -1.46. The number of carbonyl (C=O) groups excluding carboxylic acids is 1. The van der Waals surface area contributed by atoms with Crippen LogP contribution in [0.1, 0.15) is 22.5 Å². The van der Waals surface area contributed by atoms with E-state index in [1.165, 1.54) is 11.3 Å². The largest absolute Gasteiger partial charge is 0.393 e. The standard InChI is InChI=1S/C13H14N2OS2/c14-12(17)6-3-7-15-13(16)11-8-9-4-1-2-5-10(9)18-11/h1-2,4-5,8H,3,6-7H2,(H2,14,17)(H,15,16). The van der Waals surface area contributed by atoms with Crippen LogP contribution < -0.4 is 11.1 Å². The molecule has 0 bridgehead atoms. The van der Waals surface area contributed by atoms with E-state index in [4.69, 9.17) is 18.0 Å². The first kappa shape index (κ1) is 13.0. The number of rotatable bonds is 5. The van der Waals surface area contributed by atoms with Crippen molar-refractivity contribution in [3.63, 3.8) is 0 Å². The first-order valence-electron chi connectivity index (χ1n) is 5.72.